The van der Waals surface area contributed by atoms with Crippen molar-refractivity contribution in [3.05, 3.63) is 59.6 Å². The molecule has 0 bridgehead atoms. The molecule has 0 aliphatic heterocycles. The lowest BCUT2D eigenvalue weighted by molar-refractivity contribution is 0.520. The molecule has 90 valence electrons. The lowest BCUT2D eigenvalue weighted by Gasteiger charge is -2.05. The third-order valence-electron chi connectivity index (χ3n) is 2.70. The molecule has 0 radical (unpaired) electrons. The molecule has 0 saturated heterocycles. The summed E-state index contributed by atoms with van der Waals surface area (Å²) in [7, 11) is 0. The summed E-state index contributed by atoms with van der Waals surface area (Å²) in [4.78, 5) is 4.28. The van der Waals surface area contributed by atoms with Gasteiger partial charge in [0.15, 0.2) is 5.22 Å². The van der Waals surface area contributed by atoms with E-state index in [-0.39, 0.29) is 0 Å². The van der Waals surface area contributed by atoms with Crippen molar-refractivity contribution in [1.82, 2.24) is 4.98 Å². The predicted octanol–water partition coefficient (Wildman–Crippen LogP) is 4.09. The molecule has 4 heteroatoms. The van der Waals surface area contributed by atoms with Crippen LogP contribution in [0.25, 0.3) is 10.9 Å². The van der Waals surface area contributed by atoms with E-state index >= 15 is 0 Å². The minimum absolute atomic E-state index is 0.412. The van der Waals surface area contributed by atoms with Gasteiger partial charge in [-0.25, -0.2) is 0 Å². The lowest BCUT2D eigenvalue weighted by atomic mass is 10.2. The fourth-order valence-corrected chi connectivity index (χ4v) is 1.98. The molecule has 0 unspecified atom stereocenters. The third-order valence-corrected chi connectivity index (χ3v) is 2.90. The molecule has 2 aromatic heterocycles. The van der Waals surface area contributed by atoms with Crippen molar-refractivity contribution in [3.8, 4) is 0 Å². The Labute approximate surface area is 109 Å². The van der Waals surface area contributed by atoms with Crippen LogP contribution in [-0.2, 0) is 6.54 Å². The Morgan fingerprint density at radius 2 is 2.11 bits per heavy atom. The number of benzene rings is 1. The van der Waals surface area contributed by atoms with Crippen LogP contribution in [0.2, 0.25) is 5.22 Å². The molecule has 18 heavy (non-hydrogen) atoms. The Kier molecular flexibility index (Phi) is 2.90. The first-order valence-corrected chi connectivity index (χ1v) is 6.02. The highest BCUT2D eigenvalue weighted by atomic mass is 35.5. The number of fused-ring (bicyclic) bond motifs is 1. The molecule has 0 fully saturated rings. The second-order valence-corrected chi connectivity index (χ2v) is 4.34. The smallest absolute Gasteiger partial charge is 0.193 e. The Morgan fingerprint density at radius 1 is 1.17 bits per heavy atom. The van der Waals surface area contributed by atoms with E-state index in [1.807, 2.05) is 30.3 Å². The van der Waals surface area contributed by atoms with E-state index in [1.165, 1.54) is 0 Å². The Hall–Kier alpha value is -2.00. The number of anilines is 1. The number of furan rings is 1. The first kappa shape index (κ1) is 11.1. The molecule has 3 nitrogen and oxygen atoms in total. The van der Waals surface area contributed by atoms with Crippen molar-refractivity contribution in [3.63, 3.8) is 0 Å². The van der Waals surface area contributed by atoms with Gasteiger partial charge in [-0.2, -0.15) is 0 Å². The van der Waals surface area contributed by atoms with Crippen LogP contribution >= 0.6 is 11.6 Å². The van der Waals surface area contributed by atoms with Crippen LogP contribution in [0.4, 0.5) is 5.69 Å². The van der Waals surface area contributed by atoms with Gasteiger partial charge in [-0.3, -0.25) is 4.98 Å². The van der Waals surface area contributed by atoms with Crippen LogP contribution in [0.1, 0.15) is 5.76 Å². The minimum Gasteiger partial charge on any atom is -0.448 e. The summed E-state index contributed by atoms with van der Waals surface area (Å²) < 4.78 is 5.28. The van der Waals surface area contributed by atoms with Crippen LogP contribution in [0.15, 0.2) is 53.1 Å². The van der Waals surface area contributed by atoms with Crippen molar-refractivity contribution < 1.29 is 4.42 Å². The van der Waals surface area contributed by atoms with Gasteiger partial charge in [0.1, 0.15) is 5.76 Å². The zero-order valence-electron chi connectivity index (χ0n) is 9.56. The van der Waals surface area contributed by atoms with Crippen molar-refractivity contribution >= 4 is 28.2 Å². The van der Waals surface area contributed by atoms with E-state index in [2.05, 4.69) is 16.4 Å². The summed E-state index contributed by atoms with van der Waals surface area (Å²) in [5.74, 6) is 0.811. The van der Waals surface area contributed by atoms with Crippen molar-refractivity contribution in [2.24, 2.45) is 0 Å². The Morgan fingerprint density at radius 3 is 2.94 bits per heavy atom. The SMILES string of the molecule is Clc1ccc(CNc2ccc3ncccc3c2)o1. The monoisotopic (exact) mass is 258 g/mol. The average Bonchev–Trinajstić information content (AvgIpc) is 2.82. The zero-order chi connectivity index (χ0) is 12.4. The summed E-state index contributed by atoms with van der Waals surface area (Å²) in [6, 6.07) is 13.6. The number of rotatable bonds is 3. The quantitative estimate of drug-likeness (QED) is 0.769. The third kappa shape index (κ3) is 2.31. The van der Waals surface area contributed by atoms with Gasteiger partial charge in [0.2, 0.25) is 0 Å². The fraction of sp³-hybridized carbons (Fsp3) is 0.0714. The van der Waals surface area contributed by atoms with Crippen molar-refractivity contribution in [2.45, 2.75) is 6.54 Å². The van der Waals surface area contributed by atoms with Gasteiger partial charge in [-0.1, -0.05) is 6.07 Å². The number of nitrogens with zero attached hydrogens (tertiary/aromatic N) is 1. The Balaban J connectivity index is 1.78. The maximum atomic E-state index is 5.72. The topological polar surface area (TPSA) is 38.1 Å². The first-order chi connectivity index (χ1) is 8.81. The average molecular weight is 259 g/mol. The molecule has 3 rings (SSSR count). The highest BCUT2D eigenvalue weighted by molar-refractivity contribution is 6.28. The van der Waals surface area contributed by atoms with E-state index in [4.69, 9.17) is 16.0 Å². The van der Waals surface area contributed by atoms with Crippen LogP contribution < -0.4 is 5.32 Å². The number of pyridine rings is 1. The molecule has 0 saturated carbocycles. The molecule has 2 heterocycles. The normalized spacial score (nSPS) is 10.7. The van der Waals surface area contributed by atoms with Crippen molar-refractivity contribution in [2.75, 3.05) is 5.32 Å². The highest BCUT2D eigenvalue weighted by Gasteiger charge is 2.00. The van der Waals surface area contributed by atoms with Crippen LogP contribution in [0, 0.1) is 0 Å². The van der Waals surface area contributed by atoms with E-state index in [0.717, 1.165) is 22.4 Å². The molecule has 0 aliphatic rings. The summed E-state index contributed by atoms with van der Waals surface area (Å²) in [5, 5.41) is 4.81. The van der Waals surface area contributed by atoms with Gasteiger partial charge in [0, 0.05) is 17.3 Å². The van der Waals surface area contributed by atoms with Gasteiger partial charge in [-0.15, -0.1) is 0 Å². The van der Waals surface area contributed by atoms with Gasteiger partial charge in [0.25, 0.3) is 0 Å². The fourth-order valence-electron chi connectivity index (χ4n) is 1.82. The molecule has 0 aliphatic carbocycles. The number of aromatic nitrogens is 1. The van der Waals surface area contributed by atoms with Gasteiger partial charge in [-0.05, 0) is 48.0 Å². The summed E-state index contributed by atoms with van der Waals surface area (Å²) >= 11 is 5.72. The zero-order valence-corrected chi connectivity index (χ0v) is 10.3. The van der Waals surface area contributed by atoms with Crippen LogP contribution in [0.5, 0.6) is 0 Å². The van der Waals surface area contributed by atoms with Gasteiger partial charge >= 0.3 is 0 Å². The minimum atomic E-state index is 0.412. The number of halogens is 1. The molecule has 0 spiro atoms. The van der Waals surface area contributed by atoms with Crippen LogP contribution in [-0.4, -0.2) is 4.98 Å². The maximum absolute atomic E-state index is 5.72. The summed E-state index contributed by atoms with van der Waals surface area (Å²) in [5.41, 5.74) is 2.02. The summed E-state index contributed by atoms with van der Waals surface area (Å²) in [6.07, 6.45) is 1.79. The Bertz CT molecular complexity index is 678. The first-order valence-electron chi connectivity index (χ1n) is 5.64. The number of hydrogen-bond donors (Lipinski definition) is 1. The highest BCUT2D eigenvalue weighted by Crippen LogP contribution is 2.19. The second kappa shape index (κ2) is 4.70. The molecule has 3 aromatic rings. The molecular formula is C14H11ClN2O. The molecule has 1 N–H and O–H groups in total. The maximum Gasteiger partial charge on any atom is 0.193 e. The standard InChI is InChI=1S/C14H11ClN2O/c15-14-6-4-12(18-14)9-17-11-3-5-13-10(8-11)2-1-7-16-13/h1-8,17H,9H2. The van der Waals surface area contributed by atoms with E-state index in [0.29, 0.717) is 11.8 Å². The second-order valence-electron chi connectivity index (χ2n) is 3.97. The number of nitrogens with one attached hydrogen (secondary N) is 1. The van der Waals surface area contributed by atoms with Crippen molar-refractivity contribution in [1.29, 1.82) is 0 Å². The van der Waals surface area contributed by atoms with E-state index < -0.39 is 0 Å². The molecule has 0 amide bonds. The van der Waals surface area contributed by atoms with E-state index in [9.17, 15) is 0 Å². The van der Waals surface area contributed by atoms with Gasteiger partial charge < -0.3 is 9.73 Å². The largest absolute Gasteiger partial charge is 0.448 e. The van der Waals surface area contributed by atoms with Gasteiger partial charge in [0.05, 0.1) is 12.1 Å². The number of hydrogen-bond acceptors (Lipinski definition) is 3. The summed E-state index contributed by atoms with van der Waals surface area (Å²) in [6.45, 7) is 0.610. The predicted molar refractivity (Wildman–Crippen MR) is 72.8 cm³/mol. The van der Waals surface area contributed by atoms with Crippen LogP contribution in [0.3, 0.4) is 0 Å². The van der Waals surface area contributed by atoms with E-state index in [1.54, 1.807) is 12.3 Å². The molecular weight excluding hydrogens is 248 g/mol. The lowest BCUT2D eigenvalue weighted by Crippen LogP contribution is -1.97. The molecule has 0 atom stereocenters. The molecule has 1 aromatic carbocycles.